The molecule has 0 radical (unpaired) electrons. The Bertz CT molecular complexity index is 74.4. The Hall–Kier alpha value is 3.75. The maximum Gasteiger partial charge on any atom is 0.149 e. The van der Waals surface area contributed by atoms with Gasteiger partial charge >= 0.3 is 0 Å². The van der Waals surface area contributed by atoms with Gasteiger partial charge < -0.3 is 0 Å². The monoisotopic (exact) mass is 644 g/mol. The predicted octanol–water partition coefficient (Wildman–Crippen LogP) is 4.75. The van der Waals surface area contributed by atoms with E-state index in [9.17, 15) is 0 Å². The highest BCUT2D eigenvalue weighted by Gasteiger charge is 2.29. The first-order chi connectivity index (χ1) is 3.50. The van der Waals surface area contributed by atoms with Crippen molar-refractivity contribution in [1.82, 2.24) is 0 Å². The van der Waals surface area contributed by atoms with Crippen LogP contribution < -0.4 is 0 Å². The van der Waals surface area contributed by atoms with Crippen LogP contribution in [-0.4, -0.2) is 2.69 Å². The number of rotatable bonds is 2. The van der Waals surface area contributed by atoms with Gasteiger partial charge in [-0.05, 0) is 14.8 Å². The van der Waals surface area contributed by atoms with Crippen LogP contribution in [0, 0.1) is 0 Å². The molecule has 0 saturated heterocycles. The zero-order valence-electron chi connectivity index (χ0n) is 3.38. The van der Waals surface area contributed by atoms with Crippen LogP contribution in [-0.2, 0) is 0 Å². The first kappa shape index (κ1) is 11.8. The van der Waals surface area contributed by atoms with Gasteiger partial charge in [-0.15, -0.1) is 0 Å². The van der Waals surface area contributed by atoms with Gasteiger partial charge in [-0.25, -0.2) is 0 Å². The summed E-state index contributed by atoms with van der Waals surface area (Å²) in [6.07, 6.45) is 0. The van der Waals surface area contributed by atoms with Crippen LogP contribution in [0.5, 0.6) is 0 Å². The van der Waals surface area contributed by atoms with Crippen LogP contribution in [0.3, 0.4) is 0 Å². The van der Waals surface area contributed by atoms with Crippen LogP contribution in [0.2, 0.25) is 0 Å². The van der Waals surface area contributed by atoms with Crippen molar-refractivity contribution >= 4 is 115 Å². The van der Waals surface area contributed by atoms with Crippen LogP contribution in [0.4, 0.5) is 0 Å². The molecule has 0 N–H and O–H groups in total. The van der Waals surface area contributed by atoms with Crippen LogP contribution in [0.25, 0.3) is 0 Å². The average Bonchev–Trinajstić information content (AvgIpc) is 1.67. The summed E-state index contributed by atoms with van der Waals surface area (Å²) in [5, 5.41) is 0. The average molecular weight is 645 g/mol. The summed E-state index contributed by atoms with van der Waals surface area (Å²) in [6, 6.07) is 0. The van der Waals surface area contributed by atoms with E-state index in [2.05, 4.69) is 105 Å². The third-order valence-corrected chi connectivity index (χ3v) is 16.0. The van der Waals surface area contributed by atoms with E-state index in [0.29, 0.717) is 1.93 Å². The Kier molecular flexibility index (Phi) is 7.94. The summed E-state index contributed by atoms with van der Waals surface area (Å²) in [5.74, 6) is 0. The zero-order chi connectivity index (χ0) is 6.78. The summed E-state index contributed by atoms with van der Waals surface area (Å²) in [5.41, 5.74) is 0. The van der Waals surface area contributed by atoms with Gasteiger partial charge in [0.2, 0.25) is 0 Å². The van der Waals surface area contributed by atoms with Crippen molar-refractivity contribution in [1.29, 1.82) is 0 Å². The highest BCUT2D eigenvalue weighted by Crippen LogP contribution is 2.51. The minimum absolute atomic E-state index is 0.288. The van der Waals surface area contributed by atoms with Gasteiger partial charge in [0, 0.05) is 0 Å². The second-order valence-corrected chi connectivity index (χ2v) is 14.5. The summed E-state index contributed by atoms with van der Waals surface area (Å²) >= 11 is 13.0. The molecule has 0 amide bonds. The molecule has 0 rings (SSSR count). The minimum atomic E-state index is 0.288. The Morgan fingerprint density at radius 3 is 1.75 bits per heavy atom. The van der Waals surface area contributed by atoms with Gasteiger partial charge in [-0.3, -0.25) is 0 Å². The summed E-state index contributed by atoms with van der Waals surface area (Å²) in [6.45, 7) is 0. The smallest absolute Gasteiger partial charge is 0.0676 e. The molecule has 0 heterocycles. The van der Waals surface area contributed by atoms with Gasteiger partial charge in [0.15, 0.2) is 0 Å². The van der Waals surface area contributed by atoms with E-state index in [4.69, 9.17) is 0 Å². The van der Waals surface area contributed by atoms with E-state index >= 15 is 0 Å². The normalized spacial score (nSPS) is 12.8. The number of alkyl halides is 4. The molecule has 0 nitrogen and oxygen atoms in total. The molecule has 0 atom stereocenters. The first-order valence-electron chi connectivity index (χ1n) is 1.46. The van der Waals surface area contributed by atoms with E-state index in [1.54, 1.807) is 10.2 Å². The van der Waals surface area contributed by atoms with Crippen LogP contribution >= 0.6 is 115 Å². The van der Waals surface area contributed by atoms with E-state index in [1.807, 2.05) is 0 Å². The van der Waals surface area contributed by atoms with Crippen molar-refractivity contribution < 1.29 is 0 Å². The van der Waals surface area contributed by atoms with Gasteiger partial charge in [0.25, 0.3) is 0 Å². The molecule has 0 bridgehead atoms. The second kappa shape index (κ2) is 5.41. The maximum absolute atomic E-state index is 3.36. The second-order valence-electron chi connectivity index (χ2n) is 0.940. The van der Waals surface area contributed by atoms with E-state index in [1.165, 1.54) is 0 Å². The SMILES string of the molecule is BrSC(I)(I)C(I)I. The van der Waals surface area contributed by atoms with Crippen molar-refractivity contribution in [3.8, 4) is 0 Å². The lowest BCUT2D eigenvalue weighted by atomic mass is 11.0. The van der Waals surface area contributed by atoms with Gasteiger partial charge in [0.1, 0.15) is 0.760 Å². The topological polar surface area (TPSA) is 0 Å². The first-order valence-corrected chi connectivity index (χ1v) is 8.77. The highest BCUT2D eigenvalue weighted by atomic mass is 127. The van der Waals surface area contributed by atoms with E-state index in [0.717, 1.165) is 0 Å². The third kappa shape index (κ3) is 4.59. The van der Waals surface area contributed by atoms with Crippen molar-refractivity contribution in [2.45, 2.75) is 2.69 Å². The molecule has 8 heavy (non-hydrogen) atoms. The molecular weight excluding hydrogens is 644 g/mol. The molecular formula is C2HBrI4S. The molecule has 50 valence electrons. The van der Waals surface area contributed by atoms with Crippen molar-refractivity contribution in [2.24, 2.45) is 0 Å². The van der Waals surface area contributed by atoms with E-state index in [-0.39, 0.29) is 0.760 Å². The molecule has 0 aromatic heterocycles. The Balaban J connectivity index is 3.71. The Morgan fingerprint density at radius 2 is 1.75 bits per heavy atom. The molecule has 0 spiro atoms. The van der Waals surface area contributed by atoms with Crippen molar-refractivity contribution in [2.75, 3.05) is 0 Å². The quantitative estimate of drug-likeness (QED) is 0.309. The molecule has 0 unspecified atom stereocenters. The minimum Gasteiger partial charge on any atom is -0.0676 e. The molecule has 0 saturated carbocycles. The van der Waals surface area contributed by atoms with Crippen molar-refractivity contribution in [3.05, 3.63) is 0 Å². The fraction of sp³-hybridized carbons (Fsp3) is 1.00. The molecule has 0 aliphatic rings. The van der Waals surface area contributed by atoms with Crippen LogP contribution in [0.15, 0.2) is 0 Å². The number of hydrogen-bond donors (Lipinski definition) is 0. The molecule has 0 aliphatic heterocycles. The van der Waals surface area contributed by atoms with Gasteiger partial charge in [-0.2, -0.15) is 0 Å². The van der Waals surface area contributed by atoms with Crippen LogP contribution in [0.1, 0.15) is 0 Å². The Labute approximate surface area is 115 Å². The molecule has 0 aliphatic carbocycles. The molecule has 0 fully saturated rings. The standard InChI is InChI=1S/C2HBrI4S/c3-8-2(6,7)1(4)5/h1H. The Morgan fingerprint density at radius 1 is 1.38 bits per heavy atom. The van der Waals surface area contributed by atoms with E-state index < -0.39 is 0 Å². The summed E-state index contributed by atoms with van der Waals surface area (Å²) in [4.78, 5) is 0. The van der Waals surface area contributed by atoms with Gasteiger partial charge in [-0.1, -0.05) is 101 Å². The lowest BCUT2D eigenvalue weighted by Gasteiger charge is -2.17. The molecule has 0 aromatic carbocycles. The largest absolute Gasteiger partial charge is 0.149 e. The molecule has 6 heteroatoms. The fourth-order valence-electron chi connectivity index (χ4n) is 0.0337. The summed E-state index contributed by atoms with van der Waals surface area (Å²) < 4.78 is 0.930. The number of halogens is 5. The molecule has 0 aromatic rings. The number of hydrogen-bond acceptors (Lipinski definition) is 1. The highest BCUT2D eigenvalue weighted by molar-refractivity contribution is 14.2. The lowest BCUT2D eigenvalue weighted by Crippen LogP contribution is -2.10. The summed E-state index contributed by atoms with van der Waals surface area (Å²) in [7, 11) is 1.71. The maximum atomic E-state index is 3.36. The lowest BCUT2D eigenvalue weighted by molar-refractivity contribution is 1.48. The fourth-order valence-corrected chi connectivity index (χ4v) is 3.52. The third-order valence-electron chi connectivity index (χ3n) is 0.357. The van der Waals surface area contributed by atoms with Gasteiger partial charge in [0.05, 0.1) is 1.93 Å². The zero-order valence-corrected chi connectivity index (χ0v) is 14.4. The predicted molar refractivity (Wildman–Crippen MR) is 79.1 cm³/mol. The van der Waals surface area contributed by atoms with Crippen molar-refractivity contribution in [3.63, 3.8) is 0 Å².